The second-order valence-corrected chi connectivity index (χ2v) is 5.35. The quantitative estimate of drug-likeness (QED) is 0.883. The third kappa shape index (κ3) is 3.15. The van der Waals surface area contributed by atoms with Crippen molar-refractivity contribution in [3.8, 4) is 5.75 Å². The largest absolute Gasteiger partial charge is 0.496 e. The summed E-state index contributed by atoms with van der Waals surface area (Å²) in [5.41, 5.74) is 1.82. The van der Waals surface area contributed by atoms with Crippen LogP contribution in [0.2, 0.25) is 0 Å². The number of carbonyl (C=O) groups excluding carboxylic acids is 1. The molecule has 8 heteroatoms. The normalized spacial score (nSPS) is 18.2. The van der Waals surface area contributed by atoms with Gasteiger partial charge in [0.25, 0.3) is 5.91 Å². The molecule has 1 aromatic carbocycles. The lowest BCUT2D eigenvalue weighted by Gasteiger charge is -2.20. The second kappa shape index (κ2) is 6.93. The average Bonchev–Trinajstić information content (AvgIpc) is 3.11. The summed E-state index contributed by atoms with van der Waals surface area (Å²) in [5.74, 6) is 0.366. The van der Waals surface area contributed by atoms with Gasteiger partial charge in [0.15, 0.2) is 0 Å². The molecule has 0 saturated carbocycles. The summed E-state index contributed by atoms with van der Waals surface area (Å²) in [5, 5.41) is 13.5. The van der Waals surface area contributed by atoms with Crippen LogP contribution in [0, 0.1) is 0 Å². The number of aromatic amines is 1. The Morgan fingerprint density at radius 3 is 2.82 bits per heavy atom. The number of aromatic nitrogens is 3. The van der Waals surface area contributed by atoms with E-state index in [2.05, 4.69) is 32.7 Å². The predicted molar refractivity (Wildman–Crippen MR) is 85.7 cm³/mol. The molecule has 120 valence electrons. The minimum atomic E-state index is -0.142. The average molecular weight is 326 g/mol. The molecule has 1 saturated heterocycles. The van der Waals surface area contributed by atoms with Crippen molar-refractivity contribution in [1.82, 2.24) is 25.6 Å². The number of nitrogens with one attached hydrogen (secondary N) is 2. The van der Waals surface area contributed by atoms with Crippen LogP contribution in [0.5, 0.6) is 5.75 Å². The van der Waals surface area contributed by atoms with E-state index in [0.29, 0.717) is 34.9 Å². The number of nitrogens with zero attached hydrogens (tertiary/aromatic N) is 3. The van der Waals surface area contributed by atoms with Crippen molar-refractivity contribution >= 4 is 29.3 Å². The molecule has 0 bridgehead atoms. The molecule has 22 heavy (non-hydrogen) atoms. The maximum Gasteiger partial charge on any atom is 0.255 e. The highest BCUT2D eigenvalue weighted by Gasteiger charge is 2.22. The molecule has 0 radical (unpaired) electrons. The fourth-order valence-electron chi connectivity index (χ4n) is 2.76. The molecule has 1 aliphatic heterocycles. The molecule has 2 aromatic rings. The van der Waals surface area contributed by atoms with Gasteiger partial charge in [-0.15, -0.1) is 12.4 Å². The minimum absolute atomic E-state index is 0. The summed E-state index contributed by atoms with van der Waals surface area (Å²) in [6.07, 6.45) is 2.31. The summed E-state index contributed by atoms with van der Waals surface area (Å²) in [7, 11) is 3.63. The zero-order valence-electron chi connectivity index (χ0n) is 12.6. The van der Waals surface area contributed by atoms with Crippen LogP contribution in [0.25, 0.3) is 11.0 Å². The first-order valence-electron chi connectivity index (χ1n) is 7.06. The number of hydrogen-bond donors (Lipinski definition) is 2. The molecule has 1 atom stereocenters. The Bertz CT molecular complexity index is 660. The maximum absolute atomic E-state index is 12.4. The number of fused-ring (bicyclic) bond motifs is 1. The summed E-state index contributed by atoms with van der Waals surface area (Å²) in [4.78, 5) is 14.7. The maximum atomic E-state index is 12.4. The van der Waals surface area contributed by atoms with Gasteiger partial charge >= 0.3 is 0 Å². The molecule has 3 rings (SSSR count). The highest BCUT2D eigenvalue weighted by atomic mass is 35.5. The van der Waals surface area contributed by atoms with Gasteiger partial charge in [-0.1, -0.05) is 0 Å². The first kappa shape index (κ1) is 16.5. The molecule has 2 N–H and O–H groups in total. The van der Waals surface area contributed by atoms with Crippen LogP contribution in [0.4, 0.5) is 0 Å². The molecule has 1 amide bonds. The van der Waals surface area contributed by atoms with E-state index < -0.39 is 0 Å². The number of amides is 1. The number of likely N-dealkylation sites (tertiary alicyclic amines) is 1. The molecule has 1 aromatic heterocycles. The van der Waals surface area contributed by atoms with E-state index in [0.717, 1.165) is 13.0 Å². The first-order chi connectivity index (χ1) is 10.2. The molecular formula is C14H20ClN5O2. The monoisotopic (exact) mass is 325 g/mol. The van der Waals surface area contributed by atoms with Crippen molar-refractivity contribution in [3.63, 3.8) is 0 Å². The van der Waals surface area contributed by atoms with Crippen LogP contribution >= 0.6 is 12.4 Å². The zero-order chi connectivity index (χ0) is 14.8. The van der Waals surface area contributed by atoms with Gasteiger partial charge in [-0.25, -0.2) is 0 Å². The minimum Gasteiger partial charge on any atom is -0.496 e. The molecule has 1 unspecified atom stereocenters. The highest BCUT2D eigenvalue weighted by molar-refractivity contribution is 6.00. The molecule has 2 heterocycles. The number of rotatable bonds is 4. The molecular weight excluding hydrogens is 306 g/mol. The van der Waals surface area contributed by atoms with E-state index in [1.165, 1.54) is 6.42 Å². The zero-order valence-corrected chi connectivity index (χ0v) is 13.4. The van der Waals surface area contributed by atoms with Gasteiger partial charge in [-0.3, -0.25) is 4.79 Å². The van der Waals surface area contributed by atoms with Crippen molar-refractivity contribution in [2.75, 3.05) is 27.2 Å². The van der Waals surface area contributed by atoms with Crippen molar-refractivity contribution in [3.05, 3.63) is 17.7 Å². The Labute approximate surface area is 134 Å². The lowest BCUT2D eigenvalue weighted by atomic mass is 10.1. The highest BCUT2D eigenvalue weighted by Crippen LogP contribution is 2.23. The Kier molecular flexibility index (Phi) is 5.20. The molecule has 7 nitrogen and oxygen atoms in total. The molecule has 0 spiro atoms. The van der Waals surface area contributed by atoms with Crippen molar-refractivity contribution < 1.29 is 9.53 Å². The van der Waals surface area contributed by atoms with Gasteiger partial charge in [-0.2, -0.15) is 15.4 Å². The van der Waals surface area contributed by atoms with Crippen LogP contribution in [-0.2, 0) is 0 Å². The molecule has 1 fully saturated rings. The molecule has 1 aliphatic rings. The van der Waals surface area contributed by atoms with Crippen LogP contribution in [0.3, 0.4) is 0 Å². The number of benzene rings is 1. The summed E-state index contributed by atoms with van der Waals surface area (Å²) < 4.78 is 5.28. The van der Waals surface area contributed by atoms with E-state index in [9.17, 15) is 4.79 Å². The summed E-state index contributed by atoms with van der Waals surface area (Å²) in [6, 6.07) is 3.83. The number of halogens is 1. The Hall–Kier alpha value is -1.86. The van der Waals surface area contributed by atoms with Gasteiger partial charge < -0.3 is 15.0 Å². The number of methoxy groups -OCH3 is 1. The Morgan fingerprint density at radius 1 is 1.45 bits per heavy atom. The fraction of sp³-hybridized carbons (Fsp3) is 0.500. The number of likely N-dealkylation sites (N-methyl/N-ethyl adjacent to an activating group) is 1. The van der Waals surface area contributed by atoms with E-state index in [1.807, 2.05) is 0 Å². The second-order valence-electron chi connectivity index (χ2n) is 5.35. The van der Waals surface area contributed by atoms with Crippen molar-refractivity contribution in [1.29, 1.82) is 0 Å². The third-order valence-corrected chi connectivity index (χ3v) is 4.05. The van der Waals surface area contributed by atoms with Crippen molar-refractivity contribution in [2.24, 2.45) is 0 Å². The van der Waals surface area contributed by atoms with Crippen LogP contribution in [0.1, 0.15) is 23.2 Å². The third-order valence-electron chi connectivity index (χ3n) is 4.05. The Morgan fingerprint density at radius 2 is 2.18 bits per heavy atom. The van der Waals surface area contributed by atoms with Gasteiger partial charge in [0.2, 0.25) is 0 Å². The topological polar surface area (TPSA) is 83.1 Å². The fourth-order valence-corrected chi connectivity index (χ4v) is 2.76. The number of carbonyl (C=O) groups is 1. The van der Waals surface area contributed by atoms with Gasteiger partial charge in [0.1, 0.15) is 16.8 Å². The lowest BCUT2D eigenvalue weighted by molar-refractivity contribution is 0.0941. The number of H-pyrrole nitrogens is 1. The molecule has 0 aliphatic carbocycles. The van der Waals surface area contributed by atoms with Gasteiger partial charge in [0.05, 0.1) is 12.7 Å². The van der Waals surface area contributed by atoms with E-state index in [-0.39, 0.29) is 18.3 Å². The summed E-state index contributed by atoms with van der Waals surface area (Å²) >= 11 is 0. The SMILES string of the molecule is COc1cc2n[nH]nc2cc1C(=O)NCC1CCCN1C.Cl. The smallest absolute Gasteiger partial charge is 0.255 e. The van der Waals surface area contributed by atoms with Gasteiger partial charge in [0, 0.05) is 18.7 Å². The van der Waals surface area contributed by atoms with E-state index in [1.54, 1.807) is 19.2 Å². The lowest BCUT2D eigenvalue weighted by Crippen LogP contribution is -2.38. The standard InChI is InChI=1S/C14H19N5O2.ClH/c1-19-5-3-4-9(19)8-15-14(20)10-6-11-12(17-18-16-11)7-13(10)21-2;/h6-7,9H,3-5,8H2,1-2H3,(H,15,20)(H,16,17,18);1H. The first-order valence-corrected chi connectivity index (χ1v) is 7.06. The summed E-state index contributed by atoms with van der Waals surface area (Å²) in [6.45, 7) is 1.74. The van der Waals surface area contributed by atoms with Crippen LogP contribution in [-0.4, -0.2) is 59.5 Å². The number of ether oxygens (including phenoxy) is 1. The van der Waals surface area contributed by atoms with Crippen LogP contribution in [0.15, 0.2) is 12.1 Å². The van der Waals surface area contributed by atoms with Crippen LogP contribution < -0.4 is 10.1 Å². The van der Waals surface area contributed by atoms with E-state index >= 15 is 0 Å². The number of hydrogen-bond acceptors (Lipinski definition) is 5. The predicted octanol–water partition coefficient (Wildman–Crippen LogP) is 1.21. The van der Waals surface area contributed by atoms with E-state index in [4.69, 9.17) is 4.74 Å². The van der Waals surface area contributed by atoms with Gasteiger partial charge in [-0.05, 0) is 32.5 Å². The van der Waals surface area contributed by atoms with Crippen molar-refractivity contribution in [2.45, 2.75) is 18.9 Å². The Balaban J connectivity index is 0.00000176.